The number of H-pyrrole nitrogens is 1. The number of methoxy groups -OCH3 is 1. The van der Waals surface area contributed by atoms with Gasteiger partial charge in [-0.1, -0.05) is 0 Å². The highest BCUT2D eigenvalue weighted by Gasteiger charge is 2.44. The van der Waals surface area contributed by atoms with Crippen molar-refractivity contribution in [3.8, 4) is 0 Å². The number of nitrogens with one attached hydrogen (secondary N) is 1. The average molecular weight is 315 g/mol. The van der Waals surface area contributed by atoms with Crippen LogP contribution in [-0.2, 0) is 24.9 Å². The Morgan fingerprint density at radius 3 is 2.91 bits per heavy atom. The number of ether oxygens (including phenoxy) is 1. The lowest BCUT2D eigenvalue weighted by atomic mass is 9.91. The standard InChI is InChI=1S/C17H25N5O/c1-21-6-5-12(7-21)8-22-9-14(13-3-4-13)15(10-22)17-18-16(11-23-2)19-20-17/h5-7,13-15H,3-4,8-11H2,1-2H3,(H,18,19,20)/t14-,15+/m1/s1. The van der Waals surface area contributed by atoms with Crippen LogP contribution >= 0.6 is 0 Å². The van der Waals surface area contributed by atoms with E-state index in [0.717, 1.165) is 30.7 Å². The third-order valence-electron chi connectivity index (χ3n) is 5.13. The predicted molar refractivity (Wildman–Crippen MR) is 86.7 cm³/mol. The van der Waals surface area contributed by atoms with Gasteiger partial charge in [-0.2, -0.15) is 5.10 Å². The van der Waals surface area contributed by atoms with Crippen LogP contribution in [0.1, 0.15) is 36.0 Å². The molecule has 1 N–H and O–H groups in total. The number of nitrogens with zero attached hydrogens (tertiary/aromatic N) is 4. The molecule has 0 spiro atoms. The Balaban J connectivity index is 1.48. The number of hydrogen-bond acceptors (Lipinski definition) is 4. The van der Waals surface area contributed by atoms with Crippen molar-refractivity contribution in [3.63, 3.8) is 0 Å². The van der Waals surface area contributed by atoms with E-state index >= 15 is 0 Å². The number of likely N-dealkylation sites (tertiary alicyclic amines) is 1. The van der Waals surface area contributed by atoms with Crippen LogP contribution in [0.2, 0.25) is 0 Å². The Bertz CT molecular complexity index is 659. The zero-order valence-corrected chi connectivity index (χ0v) is 13.9. The van der Waals surface area contributed by atoms with Crippen LogP contribution in [-0.4, -0.2) is 44.8 Å². The quantitative estimate of drug-likeness (QED) is 0.885. The van der Waals surface area contributed by atoms with Gasteiger partial charge in [0.15, 0.2) is 11.6 Å². The Kier molecular flexibility index (Phi) is 3.95. The number of aromatic nitrogens is 4. The fourth-order valence-corrected chi connectivity index (χ4v) is 3.91. The Labute approximate surface area is 136 Å². The molecule has 3 heterocycles. The monoisotopic (exact) mass is 315 g/mol. The molecule has 0 aromatic carbocycles. The fourth-order valence-electron chi connectivity index (χ4n) is 3.91. The van der Waals surface area contributed by atoms with Crippen LogP contribution in [0, 0.1) is 11.8 Å². The van der Waals surface area contributed by atoms with Crippen LogP contribution in [0.4, 0.5) is 0 Å². The summed E-state index contributed by atoms with van der Waals surface area (Å²) in [6.45, 7) is 3.75. The van der Waals surface area contributed by atoms with Crippen molar-refractivity contribution in [2.24, 2.45) is 18.9 Å². The van der Waals surface area contributed by atoms with Crippen LogP contribution < -0.4 is 0 Å². The van der Waals surface area contributed by atoms with E-state index in [9.17, 15) is 0 Å². The second-order valence-electron chi connectivity index (χ2n) is 7.06. The van der Waals surface area contributed by atoms with Crippen LogP contribution in [0.5, 0.6) is 0 Å². The van der Waals surface area contributed by atoms with Gasteiger partial charge in [-0.05, 0) is 36.3 Å². The Morgan fingerprint density at radius 2 is 2.22 bits per heavy atom. The van der Waals surface area contributed by atoms with Gasteiger partial charge in [-0.3, -0.25) is 10.00 Å². The molecule has 2 atom stereocenters. The van der Waals surface area contributed by atoms with Crippen molar-refractivity contribution in [3.05, 3.63) is 35.7 Å². The van der Waals surface area contributed by atoms with E-state index in [2.05, 4.69) is 50.2 Å². The third kappa shape index (κ3) is 3.19. The number of aryl methyl sites for hydroxylation is 1. The summed E-state index contributed by atoms with van der Waals surface area (Å²) in [7, 11) is 3.76. The molecule has 6 heteroatoms. The summed E-state index contributed by atoms with van der Waals surface area (Å²) in [6.07, 6.45) is 7.07. The molecule has 0 bridgehead atoms. The maximum atomic E-state index is 5.15. The number of rotatable bonds is 6. The highest BCUT2D eigenvalue weighted by Crippen LogP contribution is 2.47. The smallest absolute Gasteiger partial charge is 0.155 e. The lowest BCUT2D eigenvalue weighted by molar-refractivity contribution is 0.178. The largest absolute Gasteiger partial charge is 0.377 e. The molecule has 23 heavy (non-hydrogen) atoms. The van der Waals surface area contributed by atoms with E-state index < -0.39 is 0 Å². The summed E-state index contributed by atoms with van der Waals surface area (Å²) in [5.41, 5.74) is 1.39. The van der Waals surface area contributed by atoms with E-state index in [1.807, 2.05) is 0 Å². The SMILES string of the molecule is COCc1nc([C@H]2CN(Cc3ccn(C)c3)C[C@@H]2C2CC2)n[nH]1. The molecule has 2 aromatic heterocycles. The molecule has 4 rings (SSSR count). The van der Waals surface area contributed by atoms with Crippen molar-refractivity contribution in [1.82, 2.24) is 24.6 Å². The maximum absolute atomic E-state index is 5.15. The molecule has 2 aliphatic rings. The lowest BCUT2D eigenvalue weighted by Gasteiger charge is -2.14. The van der Waals surface area contributed by atoms with Crippen LogP contribution in [0.3, 0.4) is 0 Å². The van der Waals surface area contributed by atoms with Crippen molar-refractivity contribution in [2.75, 3.05) is 20.2 Å². The lowest BCUT2D eigenvalue weighted by Crippen LogP contribution is -2.20. The zero-order chi connectivity index (χ0) is 15.8. The van der Waals surface area contributed by atoms with Crippen molar-refractivity contribution in [1.29, 1.82) is 0 Å². The molecule has 1 aliphatic heterocycles. The molecule has 2 aromatic rings. The van der Waals surface area contributed by atoms with Crippen LogP contribution in [0.15, 0.2) is 18.5 Å². The highest BCUT2D eigenvalue weighted by atomic mass is 16.5. The van der Waals surface area contributed by atoms with Crippen molar-refractivity contribution in [2.45, 2.75) is 31.9 Å². The van der Waals surface area contributed by atoms with E-state index in [1.165, 1.54) is 24.9 Å². The molecule has 1 aliphatic carbocycles. The van der Waals surface area contributed by atoms with Crippen LogP contribution in [0.25, 0.3) is 0 Å². The van der Waals surface area contributed by atoms with Gasteiger partial charge in [-0.15, -0.1) is 0 Å². The fraction of sp³-hybridized carbons (Fsp3) is 0.647. The van der Waals surface area contributed by atoms with Crippen molar-refractivity contribution >= 4 is 0 Å². The molecule has 0 unspecified atom stereocenters. The van der Waals surface area contributed by atoms with Gasteiger partial charge in [-0.25, -0.2) is 4.98 Å². The molecule has 0 radical (unpaired) electrons. The summed E-state index contributed by atoms with van der Waals surface area (Å²) >= 11 is 0. The van der Waals surface area contributed by atoms with Gasteiger partial charge < -0.3 is 9.30 Å². The molecule has 0 amide bonds. The first-order valence-corrected chi connectivity index (χ1v) is 8.46. The predicted octanol–water partition coefficient (Wildman–Crippen LogP) is 1.92. The van der Waals surface area contributed by atoms with Gasteiger partial charge in [0.2, 0.25) is 0 Å². The molecular weight excluding hydrogens is 290 g/mol. The van der Waals surface area contributed by atoms with E-state index in [4.69, 9.17) is 4.74 Å². The second kappa shape index (κ2) is 6.09. The second-order valence-corrected chi connectivity index (χ2v) is 7.06. The molecule has 2 fully saturated rings. The average Bonchev–Trinajstić information content (AvgIpc) is 2.93. The summed E-state index contributed by atoms with van der Waals surface area (Å²) in [5, 5.41) is 7.50. The first-order chi connectivity index (χ1) is 11.2. The molecule has 1 saturated heterocycles. The Hall–Kier alpha value is -1.66. The third-order valence-corrected chi connectivity index (χ3v) is 5.13. The zero-order valence-electron chi connectivity index (χ0n) is 13.9. The topological polar surface area (TPSA) is 59.0 Å². The minimum absolute atomic E-state index is 0.452. The van der Waals surface area contributed by atoms with E-state index in [1.54, 1.807) is 7.11 Å². The van der Waals surface area contributed by atoms with Gasteiger partial charge in [0.25, 0.3) is 0 Å². The van der Waals surface area contributed by atoms with E-state index in [0.29, 0.717) is 18.4 Å². The number of hydrogen-bond donors (Lipinski definition) is 1. The van der Waals surface area contributed by atoms with Gasteiger partial charge in [0.05, 0.1) is 0 Å². The first-order valence-electron chi connectivity index (χ1n) is 8.46. The summed E-state index contributed by atoms with van der Waals surface area (Å²) in [4.78, 5) is 7.23. The normalized spacial score (nSPS) is 25.3. The maximum Gasteiger partial charge on any atom is 0.155 e. The summed E-state index contributed by atoms with van der Waals surface area (Å²) in [6, 6.07) is 2.21. The molecular formula is C17H25N5O. The van der Waals surface area contributed by atoms with Gasteiger partial charge in [0, 0.05) is 52.1 Å². The minimum atomic E-state index is 0.452. The Morgan fingerprint density at radius 1 is 1.35 bits per heavy atom. The van der Waals surface area contributed by atoms with E-state index in [-0.39, 0.29) is 0 Å². The molecule has 6 nitrogen and oxygen atoms in total. The van der Waals surface area contributed by atoms with Gasteiger partial charge in [0.1, 0.15) is 6.61 Å². The molecule has 124 valence electrons. The highest BCUT2D eigenvalue weighted by molar-refractivity contribution is 5.13. The summed E-state index contributed by atoms with van der Waals surface area (Å²) < 4.78 is 7.27. The van der Waals surface area contributed by atoms with Crippen molar-refractivity contribution < 1.29 is 4.74 Å². The summed E-state index contributed by atoms with van der Waals surface area (Å²) in [5.74, 6) is 3.83. The molecule has 1 saturated carbocycles. The number of aromatic amines is 1. The minimum Gasteiger partial charge on any atom is -0.377 e. The van der Waals surface area contributed by atoms with Gasteiger partial charge >= 0.3 is 0 Å². The first kappa shape index (κ1) is 14.9.